The zero-order chi connectivity index (χ0) is 10.8. The minimum Gasteiger partial charge on any atom is -0.383 e. The van der Waals surface area contributed by atoms with Crippen LogP contribution in [0.5, 0.6) is 0 Å². The molecule has 0 radical (unpaired) electrons. The van der Waals surface area contributed by atoms with Gasteiger partial charge in [0, 0.05) is 7.05 Å². The van der Waals surface area contributed by atoms with E-state index in [-0.39, 0.29) is 0 Å². The van der Waals surface area contributed by atoms with E-state index in [4.69, 9.17) is 10.3 Å². The summed E-state index contributed by atoms with van der Waals surface area (Å²) in [6.07, 6.45) is 1.37. The van der Waals surface area contributed by atoms with Gasteiger partial charge in [0.15, 0.2) is 5.82 Å². The van der Waals surface area contributed by atoms with Crippen molar-refractivity contribution in [3.05, 3.63) is 12.2 Å². The van der Waals surface area contributed by atoms with E-state index >= 15 is 0 Å². The molecule has 7 heteroatoms. The van der Waals surface area contributed by atoms with E-state index in [1.54, 1.807) is 14.0 Å². The molecule has 0 fully saturated rings. The molecule has 0 aliphatic carbocycles. The molecule has 0 bridgehead atoms. The molecule has 15 heavy (non-hydrogen) atoms. The van der Waals surface area contributed by atoms with E-state index in [9.17, 15) is 0 Å². The zero-order valence-corrected chi connectivity index (χ0v) is 8.35. The summed E-state index contributed by atoms with van der Waals surface area (Å²) in [5.74, 6) is 1.72. The van der Waals surface area contributed by atoms with E-state index < -0.39 is 0 Å². The third kappa shape index (κ3) is 1.58. The van der Waals surface area contributed by atoms with Crippen molar-refractivity contribution in [3.63, 3.8) is 0 Å². The first-order valence-corrected chi connectivity index (χ1v) is 4.31. The Bertz CT molecular complexity index is 480. The topological polar surface area (TPSA) is 103 Å². The molecular formula is C8H10N6O. The van der Waals surface area contributed by atoms with Crippen LogP contribution in [-0.2, 0) is 0 Å². The molecule has 78 valence electrons. The van der Waals surface area contributed by atoms with Gasteiger partial charge in [0.25, 0.3) is 5.89 Å². The summed E-state index contributed by atoms with van der Waals surface area (Å²) >= 11 is 0. The van der Waals surface area contributed by atoms with E-state index in [1.165, 1.54) is 6.33 Å². The number of anilines is 2. The van der Waals surface area contributed by atoms with Crippen LogP contribution in [-0.4, -0.2) is 27.2 Å². The molecule has 2 aromatic heterocycles. The van der Waals surface area contributed by atoms with Crippen LogP contribution < -0.4 is 11.1 Å². The Kier molecular flexibility index (Phi) is 2.20. The van der Waals surface area contributed by atoms with Gasteiger partial charge in [0.2, 0.25) is 0 Å². The average molecular weight is 206 g/mol. The van der Waals surface area contributed by atoms with Crippen molar-refractivity contribution < 1.29 is 4.52 Å². The highest BCUT2D eigenvalue weighted by Crippen LogP contribution is 2.28. The molecule has 2 heterocycles. The van der Waals surface area contributed by atoms with Gasteiger partial charge in [-0.05, 0) is 6.92 Å². The number of nitrogens with two attached hydrogens (primary N) is 1. The van der Waals surface area contributed by atoms with E-state index in [2.05, 4.69) is 25.4 Å². The molecule has 0 saturated heterocycles. The number of nitrogens with zero attached hydrogens (tertiary/aromatic N) is 4. The molecule has 2 aromatic rings. The number of nitrogens with one attached hydrogen (secondary N) is 1. The van der Waals surface area contributed by atoms with Crippen LogP contribution in [0, 0.1) is 6.92 Å². The van der Waals surface area contributed by atoms with Crippen LogP contribution in [0.25, 0.3) is 11.5 Å². The molecule has 0 aliphatic rings. The second-order valence-corrected chi connectivity index (χ2v) is 2.88. The first-order valence-electron chi connectivity index (χ1n) is 4.31. The minimum atomic E-state index is 0.304. The highest BCUT2D eigenvalue weighted by Gasteiger charge is 2.16. The number of hydrogen-bond acceptors (Lipinski definition) is 7. The van der Waals surface area contributed by atoms with Gasteiger partial charge in [-0.25, -0.2) is 9.97 Å². The van der Waals surface area contributed by atoms with Crippen LogP contribution in [0.4, 0.5) is 11.6 Å². The van der Waals surface area contributed by atoms with Gasteiger partial charge < -0.3 is 15.6 Å². The van der Waals surface area contributed by atoms with Crippen molar-refractivity contribution in [1.82, 2.24) is 20.1 Å². The normalized spacial score (nSPS) is 10.3. The summed E-state index contributed by atoms with van der Waals surface area (Å²) in [4.78, 5) is 12.0. The summed E-state index contributed by atoms with van der Waals surface area (Å²) in [5, 5.41) is 6.57. The van der Waals surface area contributed by atoms with Crippen LogP contribution >= 0.6 is 0 Å². The van der Waals surface area contributed by atoms with Crippen molar-refractivity contribution in [2.45, 2.75) is 6.92 Å². The Balaban J connectivity index is 2.60. The molecule has 7 nitrogen and oxygen atoms in total. The van der Waals surface area contributed by atoms with Crippen LogP contribution in [0.2, 0.25) is 0 Å². The lowest BCUT2D eigenvalue weighted by molar-refractivity contribution is 0.425. The Morgan fingerprint density at radius 1 is 1.40 bits per heavy atom. The van der Waals surface area contributed by atoms with Crippen molar-refractivity contribution in [3.8, 4) is 11.5 Å². The molecule has 0 atom stereocenters. The molecular weight excluding hydrogens is 196 g/mol. The Labute approximate surface area is 85.7 Å². The van der Waals surface area contributed by atoms with Gasteiger partial charge in [-0.2, -0.15) is 4.98 Å². The van der Waals surface area contributed by atoms with Crippen molar-refractivity contribution in [2.24, 2.45) is 0 Å². The van der Waals surface area contributed by atoms with Crippen molar-refractivity contribution in [1.29, 1.82) is 0 Å². The summed E-state index contributed by atoms with van der Waals surface area (Å²) in [6.45, 7) is 1.73. The third-order valence-electron chi connectivity index (χ3n) is 1.85. The molecule has 0 unspecified atom stereocenters. The highest BCUT2D eigenvalue weighted by atomic mass is 16.5. The van der Waals surface area contributed by atoms with Crippen LogP contribution in [0.1, 0.15) is 5.82 Å². The molecule has 3 N–H and O–H groups in total. The van der Waals surface area contributed by atoms with Gasteiger partial charge in [-0.3, -0.25) is 0 Å². The first-order chi connectivity index (χ1) is 7.22. The maximum absolute atomic E-state index is 5.72. The zero-order valence-electron chi connectivity index (χ0n) is 8.35. The van der Waals surface area contributed by atoms with Gasteiger partial charge in [-0.15, -0.1) is 0 Å². The number of aromatic nitrogens is 4. The number of aryl methyl sites for hydroxylation is 1. The SMILES string of the molecule is CNc1ncnc(N)c1-c1nc(C)no1. The van der Waals surface area contributed by atoms with Crippen molar-refractivity contribution >= 4 is 11.6 Å². The fraction of sp³-hybridized carbons (Fsp3) is 0.250. The lowest BCUT2D eigenvalue weighted by atomic mass is 10.2. The van der Waals surface area contributed by atoms with Crippen molar-refractivity contribution in [2.75, 3.05) is 18.1 Å². The fourth-order valence-corrected chi connectivity index (χ4v) is 1.20. The first kappa shape index (κ1) is 9.38. The Morgan fingerprint density at radius 2 is 2.20 bits per heavy atom. The molecule has 0 aliphatic heterocycles. The number of nitrogen functional groups attached to an aromatic ring is 1. The Morgan fingerprint density at radius 3 is 2.80 bits per heavy atom. The molecule has 0 spiro atoms. The monoisotopic (exact) mass is 206 g/mol. The van der Waals surface area contributed by atoms with E-state index in [1.807, 2.05) is 0 Å². The van der Waals surface area contributed by atoms with E-state index in [0.29, 0.717) is 28.9 Å². The number of hydrogen-bond donors (Lipinski definition) is 2. The summed E-state index contributed by atoms with van der Waals surface area (Å²) in [7, 11) is 1.73. The summed E-state index contributed by atoms with van der Waals surface area (Å²) in [5.41, 5.74) is 6.25. The van der Waals surface area contributed by atoms with E-state index in [0.717, 1.165) is 0 Å². The lowest BCUT2D eigenvalue weighted by Gasteiger charge is -2.04. The van der Waals surface area contributed by atoms with Gasteiger partial charge in [-0.1, -0.05) is 5.16 Å². The summed E-state index contributed by atoms with van der Waals surface area (Å²) < 4.78 is 5.01. The van der Waals surface area contributed by atoms with Gasteiger partial charge in [0.1, 0.15) is 23.5 Å². The molecule has 0 saturated carbocycles. The van der Waals surface area contributed by atoms with Gasteiger partial charge in [0.05, 0.1) is 0 Å². The Hall–Kier alpha value is -2.18. The predicted molar refractivity (Wildman–Crippen MR) is 54.0 cm³/mol. The predicted octanol–water partition coefficient (Wildman–Crippen LogP) is 0.459. The second kappa shape index (κ2) is 3.52. The van der Waals surface area contributed by atoms with Gasteiger partial charge >= 0.3 is 0 Å². The minimum absolute atomic E-state index is 0.304. The third-order valence-corrected chi connectivity index (χ3v) is 1.85. The highest BCUT2D eigenvalue weighted by molar-refractivity contribution is 5.78. The maximum Gasteiger partial charge on any atom is 0.265 e. The smallest absolute Gasteiger partial charge is 0.265 e. The molecule has 2 rings (SSSR count). The lowest BCUT2D eigenvalue weighted by Crippen LogP contribution is -2.02. The molecule has 0 amide bonds. The quantitative estimate of drug-likeness (QED) is 0.735. The second-order valence-electron chi connectivity index (χ2n) is 2.88. The molecule has 0 aromatic carbocycles. The van der Waals surface area contributed by atoms with Crippen LogP contribution in [0.15, 0.2) is 10.9 Å². The number of rotatable bonds is 2. The maximum atomic E-state index is 5.72. The average Bonchev–Trinajstić information content (AvgIpc) is 2.64. The standard InChI is InChI=1S/C8H10N6O/c1-4-13-8(15-14-4)5-6(9)11-3-12-7(5)10-2/h3H,1-2H3,(H3,9,10,11,12). The van der Waals surface area contributed by atoms with Crippen LogP contribution in [0.3, 0.4) is 0 Å². The summed E-state index contributed by atoms with van der Waals surface area (Å²) in [6, 6.07) is 0. The largest absolute Gasteiger partial charge is 0.383 e. The fourth-order valence-electron chi connectivity index (χ4n) is 1.20.